The van der Waals surface area contributed by atoms with E-state index in [4.69, 9.17) is 9.97 Å². The molecule has 198 valence electrons. The molecule has 1 amide bonds. The lowest BCUT2D eigenvalue weighted by Gasteiger charge is -2.11. The molecule has 0 unspecified atom stereocenters. The van der Waals surface area contributed by atoms with Crippen LogP contribution in [-0.4, -0.2) is 41.0 Å². The first-order chi connectivity index (χ1) is 19.5. The molecular weight excluding hydrogens is 507 g/mol. The van der Waals surface area contributed by atoms with Crippen molar-refractivity contribution in [3.63, 3.8) is 0 Å². The lowest BCUT2D eigenvalue weighted by atomic mass is 10.0. The molecule has 6 aromatic rings. The molecule has 0 spiro atoms. The number of aromatic nitrogens is 7. The Kier molecular flexibility index (Phi) is 5.80. The summed E-state index contributed by atoms with van der Waals surface area (Å²) in [6.07, 6.45) is 10.8. The molecule has 0 bridgehead atoms. The molecule has 3 N–H and O–H groups in total. The van der Waals surface area contributed by atoms with E-state index in [0.29, 0.717) is 45.0 Å². The molecule has 9 nitrogen and oxygen atoms in total. The van der Waals surface area contributed by atoms with Crippen molar-refractivity contribution in [3.8, 4) is 33.9 Å². The predicted molar refractivity (Wildman–Crippen MR) is 151 cm³/mol. The minimum Gasteiger partial charge on any atom is -0.335 e. The van der Waals surface area contributed by atoms with Crippen LogP contribution in [-0.2, 0) is 4.79 Å². The first kappa shape index (κ1) is 24.1. The van der Waals surface area contributed by atoms with E-state index in [1.807, 2.05) is 31.2 Å². The number of carbonyl (C=O) groups excluding carboxylic acids is 1. The number of halogens is 1. The Balaban J connectivity index is 1.25. The number of H-pyrrole nitrogens is 2. The first-order valence-corrected chi connectivity index (χ1v) is 13.2. The zero-order valence-electron chi connectivity index (χ0n) is 21.7. The van der Waals surface area contributed by atoms with Crippen LogP contribution in [0.15, 0.2) is 61.2 Å². The molecule has 5 aromatic heterocycles. The summed E-state index contributed by atoms with van der Waals surface area (Å²) >= 11 is 0. The van der Waals surface area contributed by atoms with Crippen molar-refractivity contribution in [2.45, 2.75) is 32.6 Å². The number of aromatic amines is 2. The summed E-state index contributed by atoms with van der Waals surface area (Å²) in [6, 6.07) is 10.5. The second-order valence-electron chi connectivity index (χ2n) is 10.3. The quantitative estimate of drug-likeness (QED) is 0.243. The van der Waals surface area contributed by atoms with Gasteiger partial charge in [-0.2, -0.15) is 5.10 Å². The van der Waals surface area contributed by atoms with Crippen molar-refractivity contribution in [3.05, 3.63) is 72.6 Å². The highest BCUT2D eigenvalue weighted by Gasteiger charge is 2.23. The Morgan fingerprint density at radius 3 is 2.62 bits per heavy atom. The van der Waals surface area contributed by atoms with Crippen molar-refractivity contribution in [1.29, 1.82) is 0 Å². The smallest absolute Gasteiger partial charge is 0.227 e. The number of imidazole rings is 1. The number of nitrogens with zero attached hydrogens (tertiary/aromatic N) is 5. The van der Waals surface area contributed by atoms with Crippen molar-refractivity contribution < 1.29 is 9.18 Å². The fourth-order valence-electron chi connectivity index (χ4n) is 5.45. The van der Waals surface area contributed by atoms with Crippen molar-refractivity contribution in [1.82, 2.24) is 35.1 Å². The molecule has 0 radical (unpaired) electrons. The minimum absolute atomic E-state index is 0.0455. The number of hydrogen-bond acceptors (Lipinski definition) is 6. The number of hydrogen-bond donors (Lipinski definition) is 3. The molecule has 7 rings (SSSR count). The van der Waals surface area contributed by atoms with E-state index in [0.717, 1.165) is 47.9 Å². The van der Waals surface area contributed by atoms with Crippen LogP contribution in [0.1, 0.15) is 31.2 Å². The SMILES string of the molecule is Cc1cc(F)cc(-c2cncc3[nH]c(-c4n[nH]c5ccc(-c6cncc(NC(=O)C7CCCC7)c6)nc45)nc23)c1. The Morgan fingerprint density at radius 2 is 1.77 bits per heavy atom. The minimum atomic E-state index is -0.311. The average Bonchev–Trinajstić information content (AvgIpc) is 3.71. The third-order valence-electron chi connectivity index (χ3n) is 7.41. The van der Waals surface area contributed by atoms with Gasteiger partial charge in [0, 0.05) is 29.4 Å². The number of fused-ring (bicyclic) bond motifs is 2. The van der Waals surface area contributed by atoms with Gasteiger partial charge >= 0.3 is 0 Å². The van der Waals surface area contributed by atoms with Crippen LogP contribution in [0.2, 0.25) is 0 Å². The third-order valence-corrected chi connectivity index (χ3v) is 7.41. The van der Waals surface area contributed by atoms with Gasteiger partial charge in [0.15, 0.2) is 11.5 Å². The summed E-state index contributed by atoms with van der Waals surface area (Å²) in [7, 11) is 0. The zero-order chi connectivity index (χ0) is 27.2. The molecule has 0 saturated heterocycles. The van der Waals surface area contributed by atoms with Crippen LogP contribution in [0.25, 0.3) is 56.0 Å². The van der Waals surface area contributed by atoms with Crippen LogP contribution >= 0.6 is 0 Å². The number of rotatable bonds is 5. The van der Waals surface area contributed by atoms with Gasteiger partial charge in [-0.3, -0.25) is 19.9 Å². The second kappa shape index (κ2) is 9.64. The van der Waals surface area contributed by atoms with Crippen LogP contribution < -0.4 is 5.32 Å². The first-order valence-electron chi connectivity index (χ1n) is 13.2. The Morgan fingerprint density at radius 1 is 0.925 bits per heavy atom. The van der Waals surface area contributed by atoms with E-state index >= 15 is 0 Å². The van der Waals surface area contributed by atoms with E-state index in [2.05, 4.69) is 30.5 Å². The normalized spacial score (nSPS) is 13.8. The topological polar surface area (TPSA) is 125 Å². The van der Waals surface area contributed by atoms with Crippen LogP contribution in [0, 0.1) is 18.7 Å². The van der Waals surface area contributed by atoms with Gasteiger partial charge in [-0.15, -0.1) is 0 Å². The van der Waals surface area contributed by atoms with E-state index in [-0.39, 0.29) is 17.6 Å². The van der Waals surface area contributed by atoms with Gasteiger partial charge in [-0.05, 0) is 61.2 Å². The van der Waals surface area contributed by atoms with Gasteiger partial charge in [-0.25, -0.2) is 14.4 Å². The summed E-state index contributed by atoms with van der Waals surface area (Å²) in [5.41, 5.74) is 7.64. The fraction of sp³-hybridized carbons (Fsp3) is 0.200. The molecule has 1 aliphatic carbocycles. The van der Waals surface area contributed by atoms with Gasteiger partial charge in [0.05, 0.1) is 40.3 Å². The predicted octanol–water partition coefficient (Wildman–Crippen LogP) is 6.20. The summed E-state index contributed by atoms with van der Waals surface area (Å²) < 4.78 is 14.2. The maximum Gasteiger partial charge on any atom is 0.227 e. The van der Waals surface area contributed by atoms with Gasteiger partial charge in [-0.1, -0.05) is 18.9 Å². The summed E-state index contributed by atoms with van der Waals surface area (Å²) in [4.78, 5) is 34.3. The van der Waals surface area contributed by atoms with Gasteiger partial charge in [0.2, 0.25) is 5.91 Å². The van der Waals surface area contributed by atoms with Gasteiger partial charge in [0.1, 0.15) is 11.3 Å². The summed E-state index contributed by atoms with van der Waals surface area (Å²) in [5.74, 6) is 0.318. The molecular formula is C30H25FN8O. The number of anilines is 1. The lowest BCUT2D eigenvalue weighted by molar-refractivity contribution is -0.119. The molecule has 1 fully saturated rings. The maximum absolute atomic E-state index is 14.2. The average molecular weight is 533 g/mol. The number of pyridine rings is 3. The number of nitrogens with one attached hydrogen (secondary N) is 3. The molecule has 0 atom stereocenters. The molecule has 5 heterocycles. The highest BCUT2D eigenvalue weighted by Crippen LogP contribution is 2.32. The number of amides is 1. The molecule has 1 aliphatic rings. The Hall–Kier alpha value is -4.99. The number of carbonyl (C=O) groups is 1. The molecule has 1 saturated carbocycles. The monoisotopic (exact) mass is 532 g/mol. The van der Waals surface area contributed by atoms with Crippen molar-refractivity contribution >= 4 is 33.7 Å². The van der Waals surface area contributed by atoms with Crippen molar-refractivity contribution in [2.24, 2.45) is 5.92 Å². The molecule has 0 aliphatic heterocycles. The van der Waals surface area contributed by atoms with E-state index in [9.17, 15) is 9.18 Å². The largest absolute Gasteiger partial charge is 0.335 e. The summed E-state index contributed by atoms with van der Waals surface area (Å²) in [6.45, 7) is 1.85. The molecule has 10 heteroatoms. The van der Waals surface area contributed by atoms with Crippen LogP contribution in [0.3, 0.4) is 0 Å². The third kappa shape index (κ3) is 4.37. The maximum atomic E-state index is 14.2. The zero-order valence-corrected chi connectivity index (χ0v) is 21.7. The standard InChI is InChI=1S/C30H25FN8O/c1-16-8-18(10-20(31)9-16)22-14-33-15-25-26(22)37-29(36-25)28-27-24(38-39-28)7-6-23(35-27)19-11-21(13-32-12-19)34-30(40)17-4-2-3-5-17/h6-15,17H,2-5H2,1H3,(H,34,40)(H,36,37)(H,38,39). The fourth-order valence-corrected chi connectivity index (χ4v) is 5.45. The summed E-state index contributed by atoms with van der Waals surface area (Å²) in [5, 5.41) is 10.5. The van der Waals surface area contributed by atoms with Crippen molar-refractivity contribution in [2.75, 3.05) is 5.32 Å². The van der Waals surface area contributed by atoms with Crippen LogP contribution in [0.4, 0.5) is 10.1 Å². The molecule has 40 heavy (non-hydrogen) atoms. The van der Waals surface area contributed by atoms with E-state index in [1.165, 1.54) is 12.1 Å². The molecule has 1 aromatic carbocycles. The van der Waals surface area contributed by atoms with E-state index in [1.54, 1.807) is 24.8 Å². The number of benzene rings is 1. The second-order valence-corrected chi connectivity index (χ2v) is 10.3. The highest BCUT2D eigenvalue weighted by atomic mass is 19.1. The van der Waals surface area contributed by atoms with E-state index < -0.39 is 0 Å². The van der Waals surface area contributed by atoms with Gasteiger partial charge < -0.3 is 10.3 Å². The Labute approximate surface area is 228 Å². The highest BCUT2D eigenvalue weighted by molar-refractivity contribution is 5.96. The van der Waals surface area contributed by atoms with Crippen LogP contribution in [0.5, 0.6) is 0 Å². The Bertz CT molecular complexity index is 1880. The lowest BCUT2D eigenvalue weighted by Crippen LogP contribution is -2.20. The number of aryl methyl sites for hydroxylation is 1. The van der Waals surface area contributed by atoms with Gasteiger partial charge in [0.25, 0.3) is 0 Å².